The molecule has 2 unspecified atom stereocenters. The first-order valence-corrected chi connectivity index (χ1v) is 11.5. The van der Waals surface area contributed by atoms with Crippen molar-refractivity contribution in [1.29, 1.82) is 0 Å². The molecule has 2 heterocycles. The minimum Gasteiger partial charge on any atom is -0.464 e. The van der Waals surface area contributed by atoms with Crippen LogP contribution in [0.1, 0.15) is 42.6 Å². The van der Waals surface area contributed by atoms with E-state index in [1.54, 1.807) is 17.1 Å². The Hall–Kier alpha value is -0.780. The van der Waals surface area contributed by atoms with Crippen LogP contribution in [0.2, 0.25) is 0 Å². The molecular formula is C19H24ClNO4S2. The number of thioether (sulfide) groups is 1. The predicted molar refractivity (Wildman–Crippen MR) is 107 cm³/mol. The molecule has 1 aromatic rings. The van der Waals surface area contributed by atoms with Crippen molar-refractivity contribution >= 4 is 40.7 Å². The number of aromatic nitrogens is 1. The highest BCUT2D eigenvalue weighted by Gasteiger charge is 2.43. The molecule has 1 aliphatic carbocycles. The first kappa shape index (κ1) is 20.9. The summed E-state index contributed by atoms with van der Waals surface area (Å²) < 4.78 is 17.4. The fourth-order valence-electron chi connectivity index (χ4n) is 3.59. The summed E-state index contributed by atoms with van der Waals surface area (Å²) >= 11 is 9.67. The highest BCUT2D eigenvalue weighted by atomic mass is 35.5. The van der Waals surface area contributed by atoms with Crippen LogP contribution in [0.25, 0.3) is 0 Å². The number of rotatable bonds is 7. The number of carbonyl (C=O) groups excluding carboxylic acids is 1. The smallest absolute Gasteiger partial charge is 0.357 e. The lowest BCUT2D eigenvalue weighted by molar-refractivity contribution is -0.191. The number of alkyl halides is 1. The van der Waals surface area contributed by atoms with Crippen LogP contribution in [0.3, 0.4) is 0 Å². The molecule has 1 saturated carbocycles. The van der Waals surface area contributed by atoms with Gasteiger partial charge in [-0.2, -0.15) is 0 Å². The maximum absolute atomic E-state index is 11.5. The van der Waals surface area contributed by atoms with Crippen molar-refractivity contribution in [2.75, 3.05) is 19.5 Å². The van der Waals surface area contributed by atoms with E-state index in [9.17, 15) is 4.79 Å². The zero-order chi connectivity index (χ0) is 19.2. The first-order valence-electron chi connectivity index (χ1n) is 9.16. The summed E-state index contributed by atoms with van der Waals surface area (Å²) in [7, 11) is 1.35. The molecule has 0 spiro atoms. The maximum Gasteiger partial charge on any atom is 0.357 e. The van der Waals surface area contributed by atoms with Gasteiger partial charge >= 0.3 is 5.97 Å². The van der Waals surface area contributed by atoms with Gasteiger partial charge in [0, 0.05) is 23.1 Å². The van der Waals surface area contributed by atoms with E-state index >= 15 is 0 Å². The second kappa shape index (κ2) is 10.1. The van der Waals surface area contributed by atoms with E-state index in [1.807, 2.05) is 0 Å². The minimum atomic E-state index is -0.410. The molecule has 5 atom stereocenters. The number of terminal acetylenes is 1. The fraction of sp³-hybridized carbons (Fsp3) is 0.684. The number of thiazole rings is 1. The lowest BCUT2D eigenvalue weighted by Crippen LogP contribution is -2.30. The van der Waals surface area contributed by atoms with Gasteiger partial charge < -0.3 is 14.2 Å². The molecule has 1 aliphatic heterocycles. The van der Waals surface area contributed by atoms with Crippen molar-refractivity contribution in [3.63, 3.8) is 0 Å². The summed E-state index contributed by atoms with van der Waals surface area (Å²) in [6.45, 7) is 0.754. The number of hydrogen-bond acceptors (Lipinski definition) is 7. The Bertz CT molecular complexity index is 671. The van der Waals surface area contributed by atoms with Crippen molar-refractivity contribution in [3.8, 4) is 12.3 Å². The molecule has 0 aromatic carbocycles. The lowest BCUT2D eigenvalue weighted by atomic mass is 9.93. The van der Waals surface area contributed by atoms with E-state index in [0.29, 0.717) is 5.69 Å². The van der Waals surface area contributed by atoms with Gasteiger partial charge in [0.05, 0.1) is 19.1 Å². The zero-order valence-electron chi connectivity index (χ0n) is 15.3. The standard InChI is InChI=1S/C19H24ClNO4S2/c1-3-12-13(7-9-26-19-21-15(11-27-19)18(22)23-2)14(20)10-16(12)25-17-6-4-5-8-24-17/h1,11-14,16-17H,4-10H2,2H3/t12?,13-,14-,16-,17?/m1/s1. The lowest BCUT2D eigenvalue weighted by Gasteiger charge is -2.28. The Morgan fingerprint density at radius 3 is 3.11 bits per heavy atom. The molecule has 1 saturated heterocycles. The Balaban J connectivity index is 1.50. The van der Waals surface area contributed by atoms with Crippen LogP contribution in [0.15, 0.2) is 9.72 Å². The van der Waals surface area contributed by atoms with Gasteiger partial charge in [-0.25, -0.2) is 9.78 Å². The Morgan fingerprint density at radius 1 is 1.56 bits per heavy atom. The topological polar surface area (TPSA) is 57.7 Å². The Morgan fingerprint density at radius 2 is 2.41 bits per heavy atom. The number of methoxy groups -OCH3 is 1. The molecular weight excluding hydrogens is 406 g/mol. The van der Waals surface area contributed by atoms with E-state index in [2.05, 4.69) is 15.6 Å². The van der Waals surface area contributed by atoms with Crippen LogP contribution >= 0.6 is 34.7 Å². The fourth-order valence-corrected chi connectivity index (χ4v) is 5.96. The summed E-state index contributed by atoms with van der Waals surface area (Å²) in [5.74, 6) is 3.55. The average Bonchev–Trinajstić information content (AvgIpc) is 3.27. The first-order chi connectivity index (χ1) is 13.1. The second-order valence-electron chi connectivity index (χ2n) is 6.71. The molecule has 2 fully saturated rings. The summed E-state index contributed by atoms with van der Waals surface area (Å²) in [4.78, 5) is 15.8. The van der Waals surface area contributed by atoms with Crippen molar-refractivity contribution in [3.05, 3.63) is 11.1 Å². The van der Waals surface area contributed by atoms with Gasteiger partial charge in [-0.1, -0.05) is 11.8 Å². The molecule has 0 radical (unpaired) electrons. The van der Waals surface area contributed by atoms with Crippen LogP contribution in [-0.2, 0) is 14.2 Å². The molecule has 1 aromatic heterocycles. The van der Waals surface area contributed by atoms with E-state index in [1.165, 1.54) is 18.4 Å². The van der Waals surface area contributed by atoms with Gasteiger partial charge in [0.1, 0.15) is 0 Å². The number of carbonyl (C=O) groups is 1. The number of hydrogen-bond donors (Lipinski definition) is 0. The third-order valence-electron chi connectivity index (χ3n) is 5.00. The summed E-state index contributed by atoms with van der Waals surface area (Å²) in [5.41, 5.74) is 0.350. The number of halogens is 1. The van der Waals surface area contributed by atoms with Crippen LogP contribution < -0.4 is 0 Å². The quantitative estimate of drug-likeness (QED) is 0.280. The predicted octanol–water partition coefficient (Wildman–Crippen LogP) is 4.20. The Kier molecular flexibility index (Phi) is 7.86. The van der Waals surface area contributed by atoms with Gasteiger partial charge in [-0.15, -0.1) is 35.3 Å². The van der Waals surface area contributed by atoms with E-state index in [4.69, 9.17) is 27.5 Å². The van der Waals surface area contributed by atoms with Gasteiger partial charge in [0.15, 0.2) is 16.3 Å². The molecule has 5 nitrogen and oxygen atoms in total. The van der Waals surface area contributed by atoms with E-state index < -0.39 is 5.97 Å². The third kappa shape index (κ3) is 5.39. The van der Waals surface area contributed by atoms with Crippen molar-refractivity contribution < 1.29 is 19.0 Å². The molecule has 3 rings (SSSR count). The molecule has 8 heteroatoms. The average molecular weight is 430 g/mol. The van der Waals surface area contributed by atoms with Crippen molar-refractivity contribution in [1.82, 2.24) is 4.98 Å². The minimum absolute atomic E-state index is 0.000511. The monoisotopic (exact) mass is 429 g/mol. The van der Waals surface area contributed by atoms with Crippen LogP contribution in [0, 0.1) is 24.2 Å². The summed E-state index contributed by atoms with van der Waals surface area (Å²) in [6.07, 6.45) is 10.4. The summed E-state index contributed by atoms with van der Waals surface area (Å²) in [5, 5.41) is 1.72. The third-order valence-corrected chi connectivity index (χ3v) is 7.55. The van der Waals surface area contributed by atoms with Gasteiger partial charge in [-0.05, 0) is 38.0 Å². The largest absolute Gasteiger partial charge is 0.464 e. The van der Waals surface area contributed by atoms with E-state index in [-0.39, 0.29) is 29.6 Å². The second-order valence-corrected chi connectivity index (χ2v) is 9.47. The molecule has 0 N–H and O–H groups in total. The number of nitrogens with zero attached hydrogens (tertiary/aromatic N) is 1. The number of ether oxygens (including phenoxy) is 3. The highest BCUT2D eigenvalue weighted by Crippen LogP contribution is 2.41. The molecule has 2 aliphatic rings. The van der Waals surface area contributed by atoms with Gasteiger partial charge in [-0.3, -0.25) is 0 Å². The summed E-state index contributed by atoms with van der Waals surface area (Å²) in [6, 6.07) is 0. The van der Waals surface area contributed by atoms with Gasteiger partial charge in [0.25, 0.3) is 0 Å². The molecule has 148 valence electrons. The van der Waals surface area contributed by atoms with Crippen LogP contribution in [0.5, 0.6) is 0 Å². The maximum atomic E-state index is 11.5. The molecule has 0 bridgehead atoms. The SMILES string of the molecule is C#CC1[C@@H](CCSc2nc(C(=O)OC)cs2)[C@H](Cl)C[C@H]1OC1CCCCO1. The molecule has 0 amide bonds. The normalized spacial score (nSPS) is 30.8. The van der Waals surface area contributed by atoms with Crippen molar-refractivity contribution in [2.24, 2.45) is 11.8 Å². The van der Waals surface area contributed by atoms with Gasteiger partial charge in [0.2, 0.25) is 0 Å². The van der Waals surface area contributed by atoms with Crippen LogP contribution in [0.4, 0.5) is 0 Å². The highest BCUT2D eigenvalue weighted by molar-refractivity contribution is 8.01. The Labute approximate surface area is 173 Å². The van der Waals surface area contributed by atoms with Crippen molar-refractivity contribution in [2.45, 2.75) is 54.2 Å². The van der Waals surface area contributed by atoms with Crippen LogP contribution in [-0.4, -0.2) is 48.2 Å². The number of esters is 1. The van der Waals surface area contributed by atoms with E-state index in [0.717, 1.165) is 48.8 Å². The zero-order valence-corrected chi connectivity index (χ0v) is 17.7. The molecule has 27 heavy (non-hydrogen) atoms.